The molecule has 6 heteroatoms. The Kier molecular flexibility index (Phi) is 6.58. The van der Waals surface area contributed by atoms with E-state index < -0.39 is 0 Å². The van der Waals surface area contributed by atoms with Crippen LogP contribution in [0.5, 0.6) is 5.75 Å². The lowest BCUT2D eigenvalue weighted by molar-refractivity contribution is 0.0495. The lowest BCUT2D eigenvalue weighted by atomic mass is 10.1. The van der Waals surface area contributed by atoms with Crippen LogP contribution in [0.4, 0.5) is 4.79 Å². The van der Waals surface area contributed by atoms with Crippen LogP contribution in [-0.4, -0.2) is 63.0 Å². The maximum Gasteiger partial charge on any atom is 0.323 e. The van der Waals surface area contributed by atoms with E-state index in [0.29, 0.717) is 18.9 Å². The van der Waals surface area contributed by atoms with E-state index in [-0.39, 0.29) is 12.1 Å². The minimum absolute atomic E-state index is 0.0767. The monoisotopic (exact) mass is 345 g/mol. The summed E-state index contributed by atoms with van der Waals surface area (Å²) in [5.41, 5.74) is 2.51. The van der Waals surface area contributed by atoms with Gasteiger partial charge in [-0.2, -0.15) is 0 Å². The molecule has 1 fully saturated rings. The highest BCUT2D eigenvalue weighted by Crippen LogP contribution is 2.25. The second kappa shape index (κ2) is 8.67. The van der Waals surface area contributed by atoms with Crippen molar-refractivity contribution in [3.05, 3.63) is 35.5 Å². The maximum absolute atomic E-state index is 12.7. The Bertz CT molecular complexity index is 651. The summed E-state index contributed by atoms with van der Waals surface area (Å²) >= 11 is 0. The van der Waals surface area contributed by atoms with Gasteiger partial charge in [0.25, 0.3) is 0 Å². The average molecular weight is 345 g/mol. The number of ether oxygens (including phenoxy) is 2. The SMILES string of the molecule is C=N/C(=C\N(C)C(=O)N(C)C1CCOCC1)c1ccc(C)c(OC)c1. The summed E-state index contributed by atoms with van der Waals surface area (Å²) in [5.74, 6) is 0.778. The molecule has 1 saturated heterocycles. The third-order valence-electron chi connectivity index (χ3n) is 4.53. The summed E-state index contributed by atoms with van der Waals surface area (Å²) in [5, 5.41) is 0. The number of hydrogen-bond donors (Lipinski definition) is 0. The number of carbonyl (C=O) groups excluding carboxylic acids is 1. The molecule has 2 rings (SSSR count). The van der Waals surface area contributed by atoms with Crippen LogP contribution >= 0.6 is 0 Å². The highest BCUT2D eigenvalue weighted by molar-refractivity contribution is 5.78. The molecule has 0 saturated carbocycles. The van der Waals surface area contributed by atoms with Gasteiger partial charge < -0.3 is 19.3 Å². The molecular weight excluding hydrogens is 318 g/mol. The number of urea groups is 1. The molecule has 0 aliphatic carbocycles. The van der Waals surface area contributed by atoms with Crippen LogP contribution in [0.3, 0.4) is 0 Å². The predicted octanol–water partition coefficient (Wildman–Crippen LogP) is 3.17. The van der Waals surface area contributed by atoms with Crippen molar-refractivity contribution in [3.8, 4) is 5.75 Å². The van der Waals surface area contributed by atoms with Crippen molar-refractivity contribution in [2.75, 3.05) is 34.4 Å². The van der Waals surface area contributed by atoms with Gasteiger partial charge in [0.1, 0.15) is 5.75 Å². The first kappa shape index (κ1) is 19.0. The molecule has 1 aliphatic rings. The molecule has 136 valence electrons. The minimum atomic E-state index is -0.0767. The van der Waals surface area contributed by atoms with Crippen molar-refractivity contribution in [3.63, 3.8) is 0 Å². The van der Waals surface area contributed by atoms with Crippen LogP contribution in [-0.2, 0) is 4.74 Å². The van der Waals surface area contributed by atoms with Crippen LogP contribution in [0.25, 0.3) is 5.70 Å². The van der Waals surface area contributed by atoms with E-state index in [9.17, 15) is 4.79 Å². The number of aryl methyl sites for hydroxylation is 1. The van der Waals surface area contributed by atoms with Gasteiger partial charge in [-0.15, -0.1) is 0 Å². The molecule has 6 nitrogen and oxygen atoms in total. The zero-order valence-corrected chi connectivity index (χ0v) is 15.5. The second-order valence-corrected chi connectivity index (χ2v) is 6.20. The number of amides is 2. The maximum atomic E-state index is 12.7. The number of aliphatic imine (C=N–C) groups is 1. The standard InChI is InChI=1S/C19H27N3O3/c1-14-6-7-15(12-18(14)24-5)17(20-2)13-21(3)19(23)22(4)16-8-10-25-11-9-16/h6-7,12-13,16H,2,8-11H2,1,3-5H3/b17-13-. The quantitative estimate of drug-likeness (QED) is 0.770. The number of carbonyl (C=O) groups is 1. The highest BCUT2D eigenvalue weighted by atomic mass is 16.5. The van der Waals surface area contributed by atoms with Gasteiger partial charge in [0, 0.05) is 45.1 Å². The Morgan fingerprint density at radius 3 is 2.64 bits per heavy atom. The van der Waals surface area contributed by atoms with Gasteiger partial charge >= 0.3 is 6.03 Å². The summed E-state index contributed by atoms with van der Waals surface area (Å²) < 4.78 is 10.7. The Balaban J connectivity index is 2.17. The van der Waals surface area contributed by atoms with Crippen LogP contribution < -0.4 is 4.74 Å². The van der Waals surface area contributed by atoms with Crippen molar-refractivity contribution in [1.82, 2.24) is 9.80 Å². The molecule has 1 aromatic carbocycles. The summed E-state index contributed by atoms with van der Waals surface area (Å²) in [4.78, 5) is 20.1. The fourth-order valence-corrected chi connectivity index (χ4v) is 2.90. The molecule has 0 atom stereocenters. The zero-order valence-electron chi connectivity index (χ0n) is 15.5. The molecular formula is C19H27N3O3. The van der Waals surface area contributed by atoms with Gasteiger partial charge in [0.15, 0.2) is 0 Å². The van der Waals surface area contributed by atoms with E-state index in [1.807, 2.05) is 32.2 Å². The van der Waals surface area contributed by atoms with Gasteiger partial charge in [-0.1, -0.05) is 12.1 Å². The topological polar surface area (TPSA) is 54.4 Å². The lowest BCUT2D eigenvalue weighted by Crippen LogP contribution is -2.45. The number of rotatable bonds is 5. The molecule has 1 heterocycles. The van der Waals surface area contributed by atoms with Gasteiger partial charge in [-0.05, 0) is 38.1 Å². The molecule has 25 heavy (non-hydrogen) atoms. The van der Waals surface area contributed by atoms with Gasteiger partial charge in [0.05, 0.1) is 12.8 Å². The largest absolute Gasteiger partial charge is 0.496 e. The highest BCUT2D eigenvalue weighted by Gasteiger charge is 2.24. The third-order valence-corrected chi connectivity index (χ3v) is 4.53. The normalized spacial score (nSPS) is 15.6. The van der Waals surface area contributed by atoms with Gasteiger partial charge in [-0.25, -0.2) is 4.79 Å². The van der Waals surface area contributed by atoms with E-state index in [1.165, 1.54) is 0 Å². The first-order chi connectivity index (χ1) is 12.0. The first-order valence-electron chi connectivity index (χ1n) is 8.38. The van der Waals surface area contributed by atoms with E-state index in [2.05, 4.69) is 11.7 Å². The Hall–Kier alpha value is -2.34. The Morgan fingerprint density at radius 1 is 1.36 bits per heavy atom. The molecule has 2 amide bonds. The molecule has 1 aromatic rings. The molecule has 0 bridgehead atoms. The fourth-order valence-electron chi connectivity index (χ4n) is 2.90. The van der Waals surface area contributed by atoms with Crippen molar-refractivity contribution in [2.45, 2.75) is 25.8 Å². The third kappa shape index (κ3) is 4.60. The lowest BCUT2D eigenvalue weighted by Gasteiger charge is -2.33. The number of methoxy groups -OCH3 is 1. The fraction of sp³-hybridized carbons (Fsp3) is 0.474. The molecule has 0 unspecified atom stereocenters. The number of hydrogen-bond acceptors (Lipinski definition) is 4. The molecule has 0 aromatic heterocycles. The molecule has 1 aliphatic heterocycles. The predicted molar refractivity (Wildman–Crippen MR) is 100 cm³/mol. The van der Waals surface area contributed by atoms with Crippen LogP contribution in [0.2, 0.25) is 0 Å². The molecule has 0 N–H and O–H groups in total. The van der Waals surface area contributed by atoms with Crippen LogP contribution in [0.1, 0.15) is 24.0 Å². The average Bonchev–Trinajstić information content (AvgIpc) is 2.65. The summed E-state index contributed by atoms with van der Waals surface area (Å²) in [6.45, 7) is 7.01. The van der Waals surface area contributed by atoms with Gasteiger partial charge in [-0.3, -0.25) is 4.99 Å². The van der Waals surface area contributed by atoms with Gasteiger partial charge in [0.2, 0.25) is 0 Å². The van der Waals surface area contributed by atoms with E-state index in [1.54, 1.807) is 30.2 Å². The molecule has 0 spiro atoms. The van der Waals surface area contributed by atoms with Crippen molar-refractivity contribution in [2.24, 2.45) is 4.99 Å². The van der Waals surface area contributed by atoms with Crippen molar-refractivity contribution < 1.29 is 14.3 Å². The van der Waals surface area contributed by atoms with E-state index in [0.717, 1.165) is 29.7 Å². The van der Waals surface area contributed by atoms with Crippen LogP contribution in [0.15, 0.2) is 29.4 Å². The van der Waals surface area contributed by atoms with E-state index >= 15 is 0 Å². The summed E-state index contributed by atoms with van der Waals surface area (Å²) in [6, 6.07) is 5.93. The molecule has 0 radical (unpaired) electrons. The second-order valence-electron chi connectivity index (χ2n) is 6.20. The van der Waals surface area contributed by atoms with Crippen LogP contribution in [0, 0.1) is 6.92 Å². The number of nitrogens with zero attached hydrogens (tertiary/aromatic N) is 3. The smallest absolute Gasteiger partial charge is 0.323 e. The Labute approximate surface area is 149 Å². The zero-order chi connectivity index (χ0) is 18.4. The van der Waals surface area contributed by atoms with Crippen molar-refractivity contribution in [1.29, 1.82) is 0 Å². The van der Waals surface area contributed by atoms with Crippen molar-refractivity contribution >= 4 is 18.4 Å². The minimum Gasteiger partial charge on any atom is -0.496 e. The Morgan fingerprint density at radius 2 is 2.04 bits per heavy atom. The summed E-state index contributed by atoms with van der Waals surface area (Å²) in [7, 11) is 5.20. The number of benzene rings is 1. The summed E-state index contributed by atoms with van der Waals surface area (Å²) in [6.07, 6.45) is 3.43. The van der Waals surface area contributed by atoms with E-state index in [4.69, 9.17) is 9.47 Å². The first-order valence-corrected chi connectivity index (χ1v) is 8.38.